The predicted molar refractivity (Wildman–Crippen MR) is 96.1 cm³/mol. The van der Waals surface area contributed by atoms with Gasteiger partial charge >= 0.3 is 6.03 Å². The quantitative estimate of drug-likeness (QED) is 0.689. The summed E-state index contributed by atoms with van der Waals surface area (Å²) in [6.45, 7) is 0. The average molecular weight is 342 g/mol. The van der Waals surface area contributed by atoms with E-state index >= 15 is 0 Å². The number of carbonyl (C=O) groups is 1. The first-order valence-corrected chi connectivity index (χ1v) is 7.15. The van der Waals surface area contributed by atoms with Crippen LogP contribution in [0.25, 0.3) is 11.4 Å². The second kappa shape index (κ2) is 8.03. The van der Waals surface area contributed by atoms with Crippen molar-refractivity contribution in [3.63, 3.8) is 0 Å². The molecule has 0 radical (unpaired) electrons. The standard InChI is InChI=1S/C16H12ClN5O.CH4/c17-14-10-13(6-9-18-14)22-16(23)21-12-4-2-11(3-5-12)15-19-7-1-8-20-15;/h1-10H,(H2,18,21,22,23);1H4. The van der Waals surface area contributed by atoms with Gasteiger partial charge in [0.25, 0.3) is 0 Å². The number of hydrogen-bond acceptors (Lipinski definition) is 4. The molecule has 24 heavy (non-hydrogen) atoms. The molecule has 7 heteroatoms. The Labute approximate surface area is 145 Å². The molecule has 0 unspecified atom stereocenters. The highest BCUT2D eigenvalue weighted by atomic mass is 35.5. The van der Waals surface area contributed by atoms with Crippen LogP contribution >= 0.6 is 11.6 Å². The molecule has 0 saturated heterocycles. The van der Waals surface area contributed by atoms with Crippen molar-refractivity contribution in [3.8, 4) is 11.4 Å². The summed E-state index contributed by atoms with van der Waals surface area (Å²) >= 11 is 5.77. The summed E-state index contributed by atoms with van der Waals surface area (Å²) in [6.07, 6.45) is 4.89. The van der Waals surface area contributed by atoms with E-state index < -0.39 is 0 Å². The molecule has 6 nitrogen and oxygen atoms in total. The highest BCUT2D eigenvalue weighted by molar-refractivity contribution is 6.29. The number of aromatic nitrogens is 3. The van der Waals surface area contributed by atoms with Gasteiger partial charge in [-0.3, -0.25) is 0 Å². The van der Waals surface area contributed by atoms with Crippen LogP contribution in [0, 0.1) is 0 Å². The summed E-state index contributed by atoms with van der Waals surface area (Å²) in [4.78, 5) is 24.1. The van der Waals surface area contributed by atoms with E-state index in [0.717, 1.165) is 5.56 Å². The number of pyridine rings is 1. The SMILES string of the molecule is C.O=C(Nc1ccc(-c2ncccn2)cc1)Nc1ccnc(Cl)c1. The Morgan fingerprint density at radius 2 is 1.54 bits per heavy atom. The summed E-state index contributed by atoms with van der Waals surface area (Å²) in [5, 5.41) is 5.73. The van der Waals surface area contributed by atoms with E-state index in [4.69, 9.17) is 11.6 Å². The van der Waals surface area contributed by atoms with Crippen LogP contribution in [-0.4, -0.2) is 21.0 Å². The Morgan fingerprint density at radius 1 is 0.875 bits per heavy atom. The van der Waals surface area contributed by atoms with E-state index in [1.165, 1.54) is 6.20 Å². The minimum Gasteiger partial charge on any atom is -0.308 e. The third-order valence-electron chi connectivity index (χ3n) is 2.95. The van der Waals surface area contributed by atoms with Gasteiger partial charge in [-0.05, 0) is 42.5 Å². The van der Waals surface area contributed by atoms with E-state index in [2.05, 4.69) is 25.6 Å². The molecule has 0 aliphatic heterocycles. The number of nitrogens with one attached hydrogen (secondary N) is 2. The number of hydrogen-bond donors (Lipinski definition) is 2. The Hall–Kier alpha value is -2.99. The fraction of sp³-hybridized carbons (Fsp3) is 0.0588. The highest BCUT2D eigenvalue weighted by Crippen LogP contribution is 2.18. The molecule has 2 N–H and O–H groups in total. The number of benzene rings is 1. The summed E-state index contributed by atoms with van der Waals surface area (Å²) in [5.41, 5.74) is 2.09. The van der Waals surface area contributed by atoms with Gasteiger partial charge in [-0.1, -0.05) is 19.0 Å². The second-order valence-electron chi connectivity index (χ2n) is 4.60. The molecule has 1 aromatic carbocycles. The van der Waals surface area contributed by atoms with Gasteiger partial charge in [0.1, 0.15) is 5.15 Å². The molecule has 3 rings (SSSR count). The molecule has 0 bridgehead atoms. The molecule has 0 fully saturated rings. The van der Waals surface area contributed by atoms with Crippen molar-refractivity contribution in [2.45, 2.75) is 7.43 Å². The first kappa shape index (κ1) is 17.4. The molecule has 3 aromatic rings. The van der Waals surface area contributed by atoms with E-state index in [9.17, 15) is 4.79 Å². The van der Waals surface area contributed by atoms with Crippen LogP contribution < -0.4 is 10.6 Å². The lowest BCUT2D eigenvalue weighted by Crippen LogP contribution is -2.19. The maximum absolute atomic E-state index is 11.9. The maximum Gasteiger partial charge on any atom is 0.323 e. The molecule has 2 aromatic heterocycles. The first-order chi connectivity index (χ1) is 11.2. The third kappa shape index (κ3) is 4.50. The van der Waals surface area contributed by atoms with Gasteiger partial charge in [0.05, 0.1) is 0 Å². The van der Waals surface area contributed by atoms with Crippen molar-refractivity contribution in [1.29, 1.82) is 0 Å². The minimum atomic E-state index is -0.365. The van der Waals surface area contributed by atoms with Crippen LogP contribution in [0.1, 0.15) is 7.43 Å². The molecule has 0 aliphatic carbocycles. The van der Waals surface area contributed by atoms with Crippen molar-refractivity contribution in [1.82, 2.24) is 15.0 Å². The topological polar surface area (TPSA) is 79.8 Å². The van der Waals surface area contributed by atoms with Gasteiger partial charge in [-0.2, -0.15) is 0 Å². The number of amides is 2. The van der Waals surface area contributed by atoms with E-state index in [0.29, 0.717) is 22.4 Å². The van der Waals surface area contributed by atoms with E-state index in [-0.39, 0.29) is 13.5 Å². The van der Waals surface area contributed by atoms with Gasteiger partial charge in [-0.25, -0.2) is 19.7 Å². The lowest BCUT2D eigenvalue weighted by atomic mass is 10.2. The molecule has 0 saturated carbocycles. The van der Waals surface area contributed by atoms with Crippen LogP contribution in [0.3, 0.4) is 0 Å². The molecule has 2 amide bonds. The minimum absolute atomic E-state index is 0. The lowest BCUT2D eigenvalue weighted by molar-refractivity contribution is 0.262. The van der Waals surface area contributed by atoms with Gasteiger partial charge < -0.3 is 10.6 Å². The molecule has 122 valence electrons. The maximum atomic E-state index is 11.9. The van der Waals surface area contributed by atoms with Crippen LogP contribution in [0.5, 0.6) is 0 Å². The number of anilines is 2. The summed E-state index contributed by atoms with van der Waals surface area (Å²) in [5.74, 6) is 0.634. The van der Waals surface area contributed by atoms with Crippen molar-refractivity contribution in [3.05, 3.63) is 66.2 Å². The van der Waals surface area contributed by atoms with Crippen LogP contribution in [-0.2, 0) is 0 Å². The third-order valence-corrected chi connectivity index (χ3v) is 3.16. The van der Waals surface area contributed by atoms with E-state index in [1.807, 2.05) is 12.1 Å². The zero-order valence-corrected chi connectivity index (χ0v) is 12.7. The number of carbonyl (C=O) groups excluding carboxylic acids is 1. The Balaban J connectivity index is 0.00000208. The monoisotopic (exact) mass is 341 g/mol. The number of urea groups is 1. The Morgan fingerprint density at radius 3 is 2.21 bits per heavy atom. The normalized spacial score (nSPS) is 9.71. The molecular weight excluding hydrogens is 326 g/mol. The van der Waals surface area contributed by atoms with E-state index in [1.54, 1.807) is 42.7 Å². The predicted octanol–water partition coefficient (Wildman–Crippen LogP) is 4.47. The summed E-state index contributed by atoms with van der Waals surface area (Å²) in [6, 6.07) is 11.9. The molecule has 0 atom stereocenters. The fourth-order valence-corrected chi connectivity index (χ4v) is 2.10. The van der Waals surface area contributed by atoms with Gasteiger partial charge in [0.15, 0.2) is 5.82 Å². The second-order valence-corrected chi connectivity index (χ2v) is 4.98. The largest absolute Gasteiger partial charge is 0.323 e. The van der Waals surface area contributed by atoms with Crippen LogP contribution in [0.2, 0.25) is 5.15 Å². The van der Waals surface area contributed by atoms with Crippen molar-refractivity contribution in [2.75, 3.05) is 10.6 Å². The highest BCUT2D eigenvalue weighted by Gasteiger charge is 2.05. The van der Waals surface area contributed by atoms with Crippen LogP contribution in [0.15, 0.2) is 61.1 Å². The molecular formula is C17H16ClN5O. The smallest absolute Gasteiger partial charge is 0.308 e. The number of nitrogens with zero attached hydrogens (tertiary/aromatic N) is 3. The number of halogens is 1. The van der Waals surface area contributed by atoms with Gasteiger partial charge in [-0.15, -0.1) is 0 Å². The summed E-state index contributed by atoms with van der Waals surface area (Å²) in [7, 11) is 0. The summed E-state index contributed by atoms with van der Waals surface area (Å²) < 4.78 is 0. The molecule has 2 heterocycles. The Bertz CT molecular complexity index is 809. The molecule has 0 spiro atoms. The zero-order valence-electron chi connectivity index (χ0n) is 11.9. The van der Waals surface area contributed by atoms with Crippen molar-refractivity contribution in [2.24, 2.45) is 0 Å². The van der Waals surface area contributed by atoms with Gasteiger partial charge in [0, 0.05) is 35.5 Å². The van der Waals surface area contributed by atoms with Gasteiger partial charge in [0.2, 0.25) is 0 Å². The zero-order chi connectivity index (χ0) is 16.1. The van der Waals surface area contributed by atoms with Crippen molar-refractivity contribution >= 4 is 29.0 Å². The Kier molecular flexibility index (Phi) is 5.81. The number of rotatable bonds is 3. The van der Waals surface area contributed by atoms with Crippen LogP contribution in [0.4, 0.5) is 16.2 Å². The van der Waals surface area contributed by atoms with Crippen molar-refractivity contribution < 1.29 is 4.79 Å². The average Bonchev–Trinajstić information content (AvgIpc) is 2.56. The molecule has 0 aliphatic rings. The fourth-order valence-electron chi connectivity index (χ4n) is 1.92. The first-order valence-electron chi connectivity index (χ1n) is 6.78. The lowest BCUT2D eigenvalue weighted by Gasteiger charge is -2.08.